The van der Waals surface area contributed by atoms with Crippen LogP contribution < -0.4 is 5.32 Å². The lowest BCUT2D eigenvalue weighted by Crippen LogP contribution is -2.42. The molecule has 1 aliphatic rings. The largest absolute Gasteiger partial charge is 0.388 e. The Labute approximate surface area is 140 Å². The van der Waals surface area contributed by atoms with Crippen LogP contribution in [0, 0.1) is 0 Å². The predicted octanol–water partition coefficient (Wildman–Crippen LogP) is 2.96. The molecule has 2 aromatic rings. The van der Waals surface area contributed by atoms with E-state index in [2.05, 4.69) is 10.4 Å². The third-order valence-corrected chi connectivity index (χ3v) is 5.32. The van der Waals surface area contributed by atoms with Gasteiger partial charge >= 0.3 is 0 Å². The van der Waals surface area contributed by atoms with E-state index in [9.17, 15) is 9.90 Å². The summed E-state index contributed by atoms with van der Waals surface area (Å²) in [7, 11) is 1.81. The third-order valence-electron chi connectivity index (χ3n) is 4.44. The van der Waals surface area contributed by atoms with Crippen LogP contribution >= 0.6 is 11.3 Å². The molecule has 0 aromatic carbocycles. The fourth-order valence-electron chi connectivity index (χ4n) is 3.15. The Hall–Kier alpha value is -1.66. The molecule has 1 amide bonds. The summed E-state index contributed by atoms with van der Waals surface area (Å²) in [4.78, 5) is 13.5. The minimum atomic E-state index is -0.766. The number of aryl methyl sites for hydroxylation is 1. The van der Waals surface area contributed by atoms with Crippen molar-refractivity contribution in [2.45, 2.75) is 44.1 Å². The summed E-state index contributed by atoms with van der Waals surface area (Å²) >= 11 is 1.56. The highest BCUT2D eigenvalue weighted by Crippen LogP contribution is 2.28. The van der Waals surface area contributed by atoms with Crippen molar-refractivity contribution in [2.24, 2.45) is 7.05 Å². The summed E-state index contributed by atoms with van der Waals surface area (Å²) in [5.41, 5.74) is 0.498. The standard InChI is InChI=1S/C17H23N3O2S/c1-20-11-13(15(19-20)14-7-6-10-23-14)16(21)18-12-17(22)8-4-2-3-5-9-17/h6-7,10-11,22H,2-5,8-9,12H2,1H3,(H,18,21). The quantitative estimate of drug-likeness (QED) is 0.845. The maximum Gasteiger partial charge on any atom is 0.255 e. The second kappa shape index (κ2) is 6.84. The molecule has 0 unspecified atom stereocenters. The van der Waals surface area contributed by atoms with Gasteiger partial charge in [-0.2, -0.15) is 5.10 Å². The van der Waals surface area contributed by atoms with Crippen molar-refractivity contribution in [1.29, 1.82) is 0 Å². The fourth-order valence-corrected chi connectivity index (χ4v) is 3.88. The number of nitrogens with zero attached hydrogens (tertiary/aromatic N) is 2. The third kappa shape index (κ3) is 3.82. The molecular weight excluding hydrogens is 310 g/mol. The Bertz CT molecular complexity index is 655. The number of aliphatic hydroxyl groups is 1. The molecule has 124 valence electrons. The topological polar surface area (TPSA) is 67.2 Å². The molecule has 0 radical (unpaired) electrons. The summed E-state index contributed by atoms with van der Waals surface area (Å²) in [6.45, 7) is 0.310. The first kappa shape index (κ1) is 16.2. The van der Waals surface area contributed by atoms with Crippen molar-refractivity contribution in [2.75, 3.05) is 6.54 Å². The number of aromatic nitrogens is 2. The number of nitrogens with one attached hydrogen (secondary N) is 1. The molecule has 0 bridgehead atoms. The molecule has 0 saturated heterocycles. The van der Waals surface area contributed by atoms with E-state index in [1.165, 1.54) is 12.8 Å². The van der Waals surface area contributed by atoms with Crippen LogP contribution in [0.3, 0.4) is 0 Å². The highest BCUT2D eigenvalue weighted by atomic mass is 32.1. The molecule has 0 aliphatic heterocycles. The van der Waals surface area contributed by atoms with Crippen LogP contribution in [0.4, 0.5) is 0 Å². The summed E-state index contributed by atoms with van der Waals surface area (Å²) in [6.07, 6.45) is 7.65. The average molecular weight is 333 g/mol. The molecule has 5 nitrogen and oxygen atoms in total. The van der Waals surface area contributed by atoms with Gasteiger partial charge in [0.05, 0.1) is 16.0 Å². The molecular formula is C17H23N3O2S. The van der Waals surface area contributed by atoms with Crippen molar-refractivity contribution in [3.63, 3.8) is 0 Å². The van der Waals surface area contributed by atoms with Crippen LogP contribution in [0.2, 0.25) is 0 Å². The zero-order valence-corrected chi connectivity index (χ0v) is 14.2. The van der Waals surface area contributed by atoms with Gasteiger partial charge in [-0.15, -0.1) is 11.3 Å². The van der Waals surface area contributed by atoms with Crippen molar-refractivity contribution in [1.82, 2.24) is 15.1 Å². The van der Waals surface area contributed by atoms with Crippen molar-refractivity contribution < 1.29 is 9.90 Å². The van der Waals surface area contributed by atoms with Gasteiger partial charge < -0.3 is 10.4 Å². The molecule has 6 heteroatoms. The van der Waals surface area contributed by atoms with Gasteiger partial charge in [0.15, 0.2) is 0 Å². The first-order valence-corrected chi connectivity index (χ1v) is 9.03. The van der Waals surface area contributed by atoms with Crippen LogP contribution in [-0.4, -0.2) is 32.9 Å². The molecule has 2 heterocycles. The Morgan fingerprint density at radius 3 is 2.78 bits per heavy atom. The van der Waals surface area contributed by atoms with Gasteiger partial charge in [-0.3, -0.25) is 9.48 Å². The van der Waals surface area contributed by atoms with E-state index in [-0.39, 0.29) is 5.91 Å². The Kier molecular flexibility index (Phi) is 4.82. The maximum absolute atomic E-state index is 12.6. The smallest absolute Gasteiger partial charge is 0.255 e. The summed E-state index contributed by atoms with van der Waals surface area (Å²) in [6, 6.07) is 3.91. The van der Waals surface area contributed by atoms with E-state index < -0.39 is 5.60 Å². The molecule has 2 N–H and O–H groups in total. The number of carbonyl (C=O) groups excluding carboxylic acids is 1. The van der Waals surface area contributed by atoms with Crippen molar-refractivity contribution in [3.05, 3.63) is 29.3 Å². The first-order chi connectivity index (χ1) is 11.1. The summed E-state index contributed by atoms with van der Waals surface area (Å²) in [5.74, 6) is -0.167. The van der Waals surface area contributed by atoms with Gasteiger partial charge in [-0.1, -0.05) is 31.7 Å². The van der Waals surface area contributed by atoms with E-state index in [0.29, 0.717) is 17.8 Å². The van der Waals surface area contributed by atoms with E-state index in [1.807, 2.05) is 24.6 Å². The van der Waals surface area contributed by atoms with E-state index in [1.54, 1.807) is 22.2 Å². The number of rotatable bonds is 4. The van der Waals surface area contributed by atoms with Gasteiger partial charge in [0.1, 0.15) is 5.69 Å². The molecule has 2 aromatic heterocycles. The number of hydrogen-bond acceptors (Lipinski definition) is 4. The van der Waals surface area contributed by atoms with Crippen molar-refractivity contribution >= 4 is 17.2 Å². The Balaban J connectivity index is 1.71. The molecule has 0 spiro atoms. The van der Waals surface area contributed by atoms with Crippen LogP contribution in [-0.2, 0) is 7.05 Å². The highest BCUT2D eigenvalue weighted by Gasteiger charge is 2.29. The van der Waals surface area contributed by atoms with Crippen LogP contribution in [0.5, 0.6) is 0 Å². The lowest BCUT2D eigenvalue weighted by Gasteiger charge is -2.26. The molecule has 1 aliphatic carbocycles. The zero-order chi connectivity index (χ0) is 16.3. The summed E-state index contributed by atoms with van der Waals surface area (Å²) in [5, 5.41) is 20.0. The highest BCUT2D eigenvalue weighted by molar-refractivity contribution is 7.13. The molecule has 3 rings (SSSR count). The van der Waals surface area contributed by atoms with E-state index in [0.717, 1.165) is 30.6 Å². The first-order valence-electron chi connectivity index (χ1n) is 8.15. The van der Waals surface area contributed by atoms with Gasteiger partial charge in [0.2, 0.25) is 0 Å². The Morgan fingerprint density at radius 2 is 2.13 bits per heavy atom. The minimum absolute atomic E-state index is 0.167. The van der Waals surface area contributed by atoms with Gasteiger partial charge in [0, 0.05) is 19.8 Å². The Morgan fingerprint density at radius 1 is 1.39 bits per heavy atom. The monoisotopic (exact) mass is 333 g/mol. The van der Waals surface area contributed by atoms with Crippen LogP contribution in [0.1, 0.15) is 48.9 Å². The fraction of sp³-hybridized carbons (Fsp3) is 0.529. The lowest BCUT2D eigenvalue weighted by molar-refractivity contribution is 0.0246. The predicted molar refractivity (Wildman–Crippen MR) is 91.5 cm³/mol. The zero-order valence-electron chi connectivity index (χ0n) is 13.4. The molecule has 1 saturated carbocycles. The summed E-state index contributed by atoms with van der Waals surface area (Å²) < 4.78 is 1.66. The second-order valence-electron chi connectivity index (χ2n) is 6.36. The maximum atomic E-state index is 12.6. The number of carbonyl (C=O) groups is 1. The lowest BCUT2D eigenvalue weighted by atomic mass is 9.94. The van der Waals surface area contributed by atoms with Gasteiger partial charge in [0.25, 0.3) is 5.91 Å². The van der Waals surface area contributed by atoms with E-state index in [4.69, 9.17) is 0 Å². The van der Waals surface area contributed by atoms with Gasteiger partial charge in [-0.05, 0) is 24.3 Å². The SMILES string of the molecule is Cn1cc(C(=O)NCC2(O)CCCCCC2)c(-c2cccs2)n1. The molecule has 23 heavy (non-hydrogen) atoms. The van der Waals surface area contributed by atoms with E-state index >= 15 is 0 Å². The number of thiophene rings is 1. The molecule has 0 atom stereocenters. The van der Waals surface area contributed by atoms with Crippen LogP contribution in [0.15, 0.2) is 23.7 Å². The van der Waals surface area contributed by atoms with Crippen molar-refractivity contribution in [3.8, 4) is 10.6 Å². The minimum Gasteiger partial charge on any atom is -0.388 e. The number of hydrogen-bond donors (Lipinski definition) is 2. The normalized spacial score (nSPS) is 17.7. The average Bonchev–Trinajstić information content (AvgIpc) is 3.13. The second-order valence-corrected chi connectivity index (χ2v) is 7.31. The van der Waals surface area contributed by atoms with Gasteiger partial charge in [-0.25, -0.2) is 0 Å². The number of amides is 1. The van der Waals surface area contributed by atoms with Crippen LogP contribution in [0.25, 0.3) is 10.6 Å². The molecule has 1 fully saturated rings.